The summed E-state index contributed by atoms with van der Waals surface area (Å²) < 4.78 is 0. The SMILES string of the molecule is CNc1cc(C)nc([C@H]2CCN(Cc3cccc(C(=O)O)c3)C2)c1. The van der Waals surface area contributed by atoms with Crippen LogP contribution in [-0.4, -0.2) is 41.1 Å². The van der Waals surface area contributed by atoms with Crippen LogP contribution in [0.5, 0.6) is 0 Å². The van der Waals surface area contributed by atoms with E-state index in [1.54, 1.807) is 12.1 Å². The Morgan fingerprint density at radius 1 is 1.38 bits per heavy atom. The number of likely N-dealkylation sites (tertiary alicyclic amines) is 1. The molecule has 5 nitrogen and oxygen atoms in total. The second kappa shape index (κ2) is 7.01. The number of nitrogens with one attached hydrogen (secondary N) is 1. The number of hydrogen-bond acceptors (Lipinski definition) is 4. The van der Waals surface area contributed by atoms with Gasteiger partial charge in [0.25, 0.3) is 0 Å². The predicted octanol–water partition coefficient (Wildman–Crippen LogP) is 3.12. The summed E-state index contributed by atoms with van der Waals surface area (Å²) in [5.41, 5.74) is 4.67. The third kappa shape index (κ3) is 3.74. The maximum Gasteiger partial charge on any atom is 0.335 e. The number of aryl methyl sites for hydroxylation is 1. The largest absolute Gasteiger partial charge is 0.478 e. The number of aromatic carboxylic acids is 1. The predicted molar refractivity (Wildman–Crippen MR) is 94.6 cm³/mol. The zero-order chi connectivity index (χ0) is 17.1. The van der Waals surface area contributed by atoms with Crippen molar-refractivity contribution in [1.82, 2.24) is 9.88 Å². The van der Waals surface area contributed by atoms with Gasteiger partial charge in [0, 0.05) is 43.1 Å². The number of nitrogens with zero attached hydrogens (tertiary/aromatic N) is 2. The number of anilines is 1. The fourth-order valence-electron chi connectivity index (χ4n) is 3.33. The summed E-state index contributed by atoms with van der Waals surface area (Å²) in [6.45, 7) is 4.76. The van der Waals surface area contributed by atoms with Crippen LogP contribution in [0.15, 0.2) is 36.4 Å². The van der Waals surface area contributed by atoms with Crippen LogP contribution in [0.3, 0.4) is 0 Å². The second-order valence-electron chi connectivity index (χ2n) is 6.40. The average Bonchev–Trinajstić information content (AvgIpc) is 3.03. The van der Waals surface area contributed by atoms with Crippen molar-refractivity contribution in [3.8, 4) is 0 Å². The van der Waals surface area contributed by atoms with Crippen LogP contribution in [0.2, 0.25) is 0 Å². The van der Waals surface area contributed by atoms with Gasteiger partial charge in [-0.15, -0.1) is 0 Å². The summed E-state index contributed by atoms with van der Waals surface area (Å²) in [7, 11) is 1.93. The lowest BCUT2D eigenvalue weighted by atomic mass is 10.0. The minimum absolute atomic E-state index is 0.349. The van der Waals surface area contributed by atoms with Gasteiger partial charge in [0.1, 0.15) is 0 Å². The zero-order valence-corrected chi connectivity index (χ0v) is 14.1. The Bertz CT molecular complexity index is 745. The molecule has 1 aliphatic rings. The van der Waals surface area contributed by atoms with Crippen molar-refractivity contribution >= 4 is 11.7 Å². The lowest BCUT2D eigenvalue weighted by molar-refractivity contribution is 0.0696. The molecule has 3 rings (SSSR count). The van der Waals surface area contributed by atoms with Gasteiger partial charge >= 0.3 is 5.97 Å². The molecule has 0 aliphatic carbocycles. The van der Waals surface area contributed by atoms with Crippen molar-refractivity contribution in [2.24, 2.45) is 0 Å². The number of carboxylic acid groups (broad SMARTS) is 1. The van der Waals surface area contributed by atoms with E-state index in [-0.39, 0.29) is 0 Å². The molecule has 0 spiro atoms. The molecule has 1 aliphatic heterocycles. The second-order valence-corrected chi connectivity index (χ2v) is 6.40. The highest BCUT2D eigenvalue weighted by molar-refractivity contribution is 5.87. The van der Waals surface area contributed by atoms with E-state index in [0.29, 0.717) is 11.5 Å². The van der Waals surface area contributed by atoms with Crippen molar-refractivity contribution < 1.29 is 9.90 Å². The summed E-state index contributed by atoms with van der Waals surface area (Å²) in [5, 5.41) is 12.3. The van der Waals surface area contributed by atoms with Gasteiger partial charge in [-0.2, -0.15) is 0 Å². The van der Waals surface area contributed by atoms with Crippen molar-refractivity contribution in [1.29, 1.82) is 0 Å². The molecule has 1 aromatic heterocycles. The number of aromatic nitrogens is 1. The van der Waals surface area contributed by atoms with Gasteiger partial charge in [-0.25, -0.2) is 4.79 Å². The van der Waals surface area contributed by atoms with Crippen LogP contribution in [0.4, 0.5) is 5.69 Å². The molecular weight excluding hydrogens is 302 g/mol. The molecule has 5 heteroatoms. The van der Waals surface area contributed by atoms with Gasteiger partial charge in [-0.1, -0.05) is 12.1 Å². The first-order valence-corrected chi connectivity index (χ1v) is 8.26. The van der Waals surface area contributed by atoms with Gasteiger partial charge in [0.05, 0.1) is 5.56 Å². The lowest BCUT2D eigenvalue weighted by Gasteiger charge is -2.17. The molecule has 0 saturated carbocycles. The lowest BCUT2D eigenvalue weighted by Crippen LogP contribution is -2.20. The van der Waals surface area contributed by atoms with E-state index in [1.165, 1.54) is 0 Å². The minimum atomic E-state index is -0.875. The minimum Gasteiger partial charge on any atom is -0.478 e. The molecule has 1 fully saturated rings. The van der Waals surface area contributed by atoms with Gasteiger partial charge in [-0.3, -0.25) is 9.88 Å². The number of carboxylic acids is 1. The van der Waals surface area contributed by atoms with Crippen LogP contribution in [0.25, 0.3) is 0 Å². The molecule has 2 heterocycles. The summed E-state index contributed by atoms with van der Waals surface area (Å²) in [6.07, 6.45) is 1.08. The zero-order valence-electron chi connectivity index (χ0n) is 14.1. The summed E-state index contributed by atoms with van der Waals surface area (Å²) >= 11 is 0. The van der Waals surface area contributed by atoms with Crippen molar-refractivity contribution in [3.63, 3.8) is 0 Å². The smallest absolute Gasteiger partial charge is 0.335 e. The molecule has 0 amide bonds. The first-order chi connectivity index (χ1) is 11.5. The van der Waals surface area contributed by atoms with E-state index in [2.05, 4.69) is 16.3 Å². The van der Waals surface area contributed by atoms with Crippen molar-refractivity contribution in [3.05, 3.63) is 58.9 Å². The highest BCUT2D eigenvalue weighted by Gasteiger charge is 2.25. The van der Waals surface area contributed by atoms with Crippen LogP contribution in [-0.2, 0) is 6.54 Å². The van der Waals surface area contributed by atoms with Gasteiger partial charge in [0.15, 0.2) is 0 Å². The quantitative estimate of drug-likeness (QED) is 0.884. The van der Waals surface area contributed by atoms with Crippen molar-refractivity contribution in [2.75, 3.05) is 25.5 Å². The van der Waals surface area contributed by atoms with E-state index in [0.717, 1.165) is 48.7 Å². The van der Waals surface area contributed by atoms with Gasteiger partial charge in [0.2, 0.25) is 0 Å². The Balaban J connectivity index is 1.68. The van der Waals surface area contributed by atoms with E-state index >= 15 is 0 Å². The van der Waals surface area contributed by atoms with Crippen LogP contribution in [0.1, 0.15) is 39.6 Å². The topological polar surface area (TPSA) is 65.5 Å². The highest BCUT2D eigenvalue weighted by Crippen LogP contribution is 2.28. The standard InChI is InChI=1S/C19H23N3O2/c1-13-8-17(20-2)10-18(21-13)16-6-7-22(12-16)11-14-4-3-5-15(9-14)19(23)24/h3-5,8-10,16H,6-7,11-12H2,1-2H3,(H,20,21)(H,23,24)/t16-/m0/s1. The molecule has 0 radical (unpaired) electrons. The number of benzene rings is 1. The van der Waals surface area contributed by atoms with Gasteiger partial charge < -0.3 is 10.4 Å². The third-order valence-corrected chi connectivity index (χ3v) is 4.53. The Labute approximate surface area is 142 Å². The molecule has 1 saturated heterocycles. The Morgan fingerprint density at radius 3 is 2.96 bits per heavy atom. The average molecular weight is 325 g/mol. The molecular formula is C19H23N3O2. The Morgan fingerprint density at radius 2 is 2.21 bits per heavy atom. The summed E-state index contributed by atoms with van der Waals surface area (Å²) in [4.78, 5) is 18.2. The van der Waals surface area contributed by atoms with E-state index in [9.17, 15) is 4.79 Å². The highest BCUT2D eigenvalue weighted by atomic mass is 16.4. The van der Waals surface area contributed by atoms with E-state index in [4.69, 9.17) is 10.1 Å². The van der Waals surface area contributed by atoms with Crippen molar-refractivity contribution in [2.45, 2.75) is 25.8 Å². The molecule has 2 aromatic rings. The third-order valence-electron chi connectivity index (χ3n) is 4.53. The monoisotopic (exact) mass is 325 g/mol. The maximum absolute atomic E-state index is 11.1. The number of pyridine rings is 1. The normalized spacial score (nSPS) is 17.8. The number of hydrogen-bond donors (Lipinski definition) is 2. The van der Waals surface area contributed by atoms with Crippen LogP contribution in [0, 0.1) is 6.92 Å². The van der Waals surface area contributed by atoms with E-state index in [1.807, 2.05) is 32.2 Å². The van der Waals surface area contributed by atoms with E-state index < -0.39 is 5.97 Å². The van der Waals surface area contributed by atoms with Gasteiger partial charge in [-0.05, 0) is 49.7 Å². The molecule has 0 unspecified atom stereocenters. The first kappa shape index (κ1) is 16.5. The fourth-order valence-corrected chi connectivity index (χ4v) is 3.33. The van der Waals surface area contributed by atoms with Crippen LogP contribution >= 0.6 is 0 Å². The number of rotatable bonds is 5. The summed E-state index contributed by atoms with van der Waals surface area (Å²) in [6, 6.07) is 11.4. The molecule has 2 N–H and O–H groups in total. The Hall–Kier alpha value is -2.40. The molecule has 1 atom stereocenters. The molecule has 126 valence electrons. The maximum atomic E-state index is 11.1. The number of carbonyl (C=O) groups is 1. The Kier molecular flexibility index (Phi) is 4.81. The summed E-state index contributed by atoms with van der Waals surface area (Å²) in [5.74, 6) is -0.445. The first-order valence-electron chi connectivity index (χ1n) is 8.26. The molecule has 0 bridgehead atoms. The van der Waals surface area contributed by atoms with Crippen LogP contribution < -0.4 is 5.32 Å². The molecule has 1 aromatic carbocycles. The molecule has 24 heavy (non-hydrogen) atoms. The fraction of sp³-hybridized carbons (Fsp3) is 0.368.